The van der Waals surface area contributed by atoms with Crippen LogP contribution in [0.3, 0.4) is 0 Å². The molecule has 3 aromatic carbocycles. The van der Waals surface area contributed by atoms with Crippen molar-refractivity contribution in [2.75, 3.05) is 26.2 Å². The van der Waals surface area contributed by atoms with E-state index in [0.717, 1.165) is 50.6 Å². The number of benzene rings is 3. The van der Waals surface area contributed by atoms with E-state index in [4.69, 9.17) is 0 Å². The number of piperazine rings is 1. The first-order valence-electron chi connectivity index (χ1n) is 12.9. The fourth-order valence-corrected chi connectivity index (χ4v) is 5.81. The molecule has 1 aliphatic carbocycles. The van der Waals surface area contributed by atoms with Crippen molar-refractivity contribution in [3.05, 3.63) is 83.4 Å². The van der Waals surface area contributed by atoms with Crippen molar-refractivity contribution in [1.29, 1.82) is 0 Å². The standard InChI is InChI=1S/C30H36N2O/c33-30(32-22-20-31(21-23-32)27-14-3-1-2-4-15-27)29-17-8-6-11-26(29)19-18-25-13-9-12-24-10-5-7-16-28(24)25/h5-13,16-17,27H,1-4,14-15,18-23H2. The summed E-state index contributed by atoms with van der Waals surface area (Å²) in [7, 11) is 0. The summed E-state index contributed by atoms with van der Waals surface area (Å²) in [6.45, 7) is 3.75. The van der Waals surface area contributed by atoms with Crippen LogP contribution < -0.4 is 0 Å². The number of fused-ring (bicyclic) bond motifs is 1. The van der Waals surface area contributed by atoms with Crippen LogP contribution in [-0.4, -0.2) is 47.9 Å². The van der Waals surface area contributed by atoms with Gasteiger partial charge in [0.15, 0.2) is 0 Å². The van der Waals surface area contributed by atoms with E-state index in [-0.39, 0.29) is 5.91 Å². The van der Waals surface area contributed by atoms with Crippen LogP contribution in [0.1, 0.15) is 60.0 Å². The van der Waals surface area contributed by atoms with Gasteiger partial charge >= 0.3 is 0 Å². The number of rotatable bonds is 5. The van der Waals surface area contributed by atoms with Crippen LogP contribution in [0.25, 0.3) is 10.8 Å². The van der Waals surface area contributed by atoms with Crippen LogP contribution in [0.2, 0.25) is 0 Å². The monoisotopic (exact) mass is 440 g/mol. The Hall–Kier alpha value is -2.65. The number of carbonyl (C=O) groups is 1. The van der Waals surface area contributed by atoms with E-state index in [1.165, 1.54) is 60.4 Å². The predicted octanol–water partition coefficient (Wildman–Crippen LogP) is 6.11. The second-order valence-electron chi connectivity index (χ2n) is 9.77. The molecule has 0 aromatic heterocycles. The highest BCUT2D eigenvalue weighted by Gasteiger charge is 2.27. The summed E-state index contributed by atoms with van der Waals surface area (Å²) < 4.78 is 0. The Kier molecular flexibility index (Phi) is 7.06. The van der Waals surface area contributed by atoms with Gasteiger partial charge in [0.2, 0.25) is 0 Å². The molecule has 33 heavy (non-hydrogen) atoms. The highest BCUT2D eigenvalue weighted by molar-refractivity contribution is 5.96. The minimum atomic E-state index is 0.212. The van der Waals surface area contributed by atoms with Crippen molar-refractivity contribution in [2.24, 2.45) is 0 Å². The van der Waals surface area contributed by atoms with Gasteiger partial charge in [-0.25, -0.2) is 0 Å². The minimum Gasteiger partial charge on any atom is -0.336 e. The number of carbonyl (C=O) groups excluding carboxylic acids is 1. The van der Waals surface area contributed by atoms with E-state index in [1.807, 2.05) is 12.1 Å². The average Bonchev–Trinajstić information content (AvgIpc) is 3.17. The predicted molar refractivity (Wildman–Crippen MR) is 137 cm³/mol. The highest BCUT2D eigenvalue weighted by Crippen LogP contribution is 2.24. The molecule has 2 aliphatic rings. The van der Waals surface area contributed by atoms with Crippen LogP contribution in [-0.2, 0) is 12.8 Å². The van der Waals surface area contributed by atoms with Gasteiger partial charge in [-0.3, -0.25) is 9.69 Å². The number of hydrogen-bond donors (Lipinski definition) is 0. The molecule has 1 saturated heterocycles. The lowest BCUT2D eigenvalue weighted by atomic mass is 9.96. The normalized spacial score (nSPS) is 18.4. The number of aryl methyl sites for hydroxylation is 2. The lowest BCUT2D eigenvalue weighted by molar-refractivity contribution is 0.0550. The zero-order chi connectivity index (χ0) is 22.5. The summed E-state index contributed by atoms with van der Waals surface area (Å²) in [6, 6.07) is 24.1. The molecular weight excluding hydrogens is 404 g/mol. The molecule has 3 nitrogen and oxygen atoms in total. The molecule has 0 unspecified atom stereocenters. The fraction of sp³-hybridized carbons (Fsp3) is 0.433. The first-order chi connectivity index (χ1) is 16.3. The summed E-state index contributed by atoms with van der Waals surface area (Å²) in [5.74, 6) is 0.212. The number of hydrogen-bond acceptors (Lipinski definition) is 2. The zero-order valence-corrected chi connectivity index (χ0v) is 19.7. The fourth-order valence-electron chi connectivity index (χ4n) is 5.81. The largest absolute Gasteiger partial charge is 0.336 e. The summed E-state index contributed by atoms with van der Waals surface area (Å²) in [4.78, 5) is 18.2. The van der Waals surface area contributed by atoms with Crippen molar-refractivity contribution < 1.29 is 4.79 Å². The van der Waals surface area contributed by atoms with Gasteiger partial charge < -0.3 is 4.90 Å². The van der Waals surface area contributed by atoms with Crippen molar-refractivity contribution in [3.63, 3.8) is 0 Å². The van der Waals surface area contributed by atoms with Gasteiger partial charge in [-0.1, -0.05) is 86.3 Å². The Morgan fingerprint density at radius 1 is 0.697 bits per heavy atom. The second kappa shape index (κ2) is 10.5. The summed E-state index contributed by atoms with van der Waals surface area (Å²) in [6.07, 6.45) is 10.0. The molecule has 1 heterocycles. The van der Waals surface area contributed by atoms with Crippen LogP contribution >= 0.6 is 0 Å². The van der Waals surface area contributed by atoms with E-state index < -0.39 is 0 Å². The maximum Gasteiger partial charge on any atom is 0.254 e. The van der Waals surface area contributed by atoms with E-state index in [0.29, 0.717) is 0 Å². The molecule has 3 aromatic rings. The van der Waals surface area contributed by atoms with Crippen LogP contribution in [0.5, 0.6) is 0 Å². The molecule has 5 rings (SSSR count). The second-order valence-corrected chi connectivity index (χ2v) is 9.77. The maximum atomic E-state index is 13.5. The quantitative estimate of drug-likeness (QED) is 0.447. The molecule has 172 valence electrons. The SMILES string of the molecule is O=C(c1ccccc1CCc1cccc2ccccc12)N1CCN(C2CCCCCC2)CC1. The first kappa shape index (κ1) is 22.2. The number of nitrogens with zero attached hydrogens (tertiary/aromatic N) is 2. The van der Waals surface area contributed by atoms with Gasteiger partial charge in [-0.15, -0.1) is 0 Å². The summed E-state index contributed by atoms with van der Waals surface area (Å²) >= 11 is 0. The Morgan fingerprint density at radius 2 is 1.33 bits per heavy atom. The van der Waals surface area contributed by atoms with E-state index in [9.17, 15) is 4.79 Å². The number of amides is 1. The molecule has 0 N–H and O–H groups in total. The van der Waals surface area contributed by atoms with E-state index in [1.54, 1.807) is 0 Å². The molecule has 0 spiro atoms. The van der Waals surface area contributed by atoms with Crippen molar-refractivity contribution >= 4 is 16.7 Å². The van der Waals surface area contributed by atoms with Crippen LogP contribution in [0.15, 0.2) is 66.7 Å². The van der Waals surface area contributed by atoms with Crippen molar-refractivity contribution in [3.8, 4) is 0 Å². The minimum absolute atomic E-state index is 0.212. The molecule has 0 bridgehead atoms. The smallest absolute Gasteiger partial charge is 0.254 e. The Balaban J connectivity index is 1.24. The summed E-state index contributed by atoms with van der Waals surface area (Å²) in [5.41, 5.74) is 3.41. The van der Waals surface area contributed by atoms with Gasteiger partial charge in [0, 0.05) is 37.8 Å². The van der Waals surface area contributed by atoms with Gasteiger partial charge in [-0.05, 0) is 53.6 Å². The van der Waals surface area contributed by atoms with Crippen molar-refractivity contribution in [2.45, 2.75) is 57.4 Å². The molecule has 1 saturated carbocycles. The molecule has 0 atom stereocenters. The van der Waals surface area contributed by atoms with Crippen molar-refractivity contribution in [1.82, 2.24) is 9.80 Å². The average molecular weight is 441 g/mol. The third-order valence-electron chi connectivity index (χ3n) is 7.73. The third-order valence-corrected chi connectivity index (χ3v) is 7.73. The molecular formula is C30H36N2O. The molecule has 2 fully saturated rings. The van der Waals surface area contributed by atoms with Crippen LogP contribution in [0.4, 0.5) is 0 Å². The Labute approximate surface area is 198 Å². The van der Waals surface area contributed by atoms with E-state index >= 15 is 0 Å². The lowest BCUT2D eigenvalue weighted by Crippen LogP contribution is -2.52. The zero-order valence-electron chi connectivity index (χ0n) is 19.7. The van der Waals surface area contributed by atoms with Gasteiger partial charge in [-0.2, -0.15) is 0 Å². The highest BCUT2D eigenvalue weighted by atomic mass is 16.2. The van der Waals surface area contributed by atoms with Gasteiger partial charge in [0.05, 0.1) is 0 Å². The third kappa shape index (κ3) is 5.14. The van der Waals surface area contributed by atoms with E-state index in [2.05, 4.69) is 64.4 Å². The van der Waals surface area contributed by atoms with Gasteiger partial charge in [0.25, 0.3) is 5.91 Å². The van der Waals surface area contributed by atoms with Gasteiger partial charge in [0.1, 0.15) is 0 Å². The topological polar surface area (TPSA) is 23.6 Å². The molecule has 3 heteroatoms. The molecule has 1 amide bonds. The Bertz CT molecular complexity index is 1070. The summed E-state index contributed by atoms with van der Waals surface area (Å²) in [5, 5.41) is 2.60. The molecule has 0 radical (unpaired) electrons. The maximum absolute atomic E-state index is 13.5. The molecule has 1 aliphatic heterocycles. The first-order valence-corrected chi connectivity index (χ1v) is 12.9. The lowest BCUT2D eigenvalue weighted by Gasteiger charge is -2.39. The van der Waals surface area contributed by atoms with Crippen LogP contribution in [0, 0.1) is 0 Å². The Morgan fingerprint density at radius 3 is 2.15 bits per heavy atom.